The van der Waals surface area contributed by atoms with Gasteiger partial charge in [0.05, 0.1) is 6.42 Å². The van der Waals surface area contributed by atoms with E-state index in [2.05, 4.69) is 130 Å². The first-order valence-corrected chi connectivity index (χ1v) is 23.1. The van der Waals surface area contributed by atoms with Crippen molar-refractivity contribution in [3.8, 4) is 0 Å². The van der Waals surface area contributed by atoms with Gasteiger partial charge in [0.25, 0.3) is 0 Å². The zero-order chi connectivity index (χ0) is 43.0. The summed E-state index contributed by atoms with van der Waals surface area (Å²) in [6.45, 7) is 6.18. The molecule has 0 aliphatic heterocycles. The monoisotopic (exact) mass is 815 g/mol. The molecule has 1 atom stereocenters. The van der Waals surface area contributed by atoms with Crippen molar-refractivity contribution >= 4 is 17.9 Å². The number of hydrogen-bond donors (Lipinski definition) is 0. The molecule has 0 bridgehead atoms. The van der Waals surface area contributed by atoms with Crippen LogP contribution in [0.4, 0.5) is 0 Å². The molecule has 0 aromatic heterocycles. The van der Waals surface area contributed by atoms with Gasteiger partial charge in [-0.25, -0.2) is 0 Å². The first kappa shape index (κ1) is 54.8. The molecule has 0 N–H and O–H groups in total. The third kappa shape index (κ3) is 44.8. The van der Waals surface area contributed by atoms with Gasteiger partial charge in [0.1, 0.15) is 13.2 Å². The SMILES string of the molecule is CC/C=C\C/C=C\C/C=C\C/C=C\C/C=C\CCCC(=O)OCC(COC(=O)C/C=C\C/C=C\C/C=C\CC)OC(=O)CCCCCCCC/C=C\C=C/CCCCC. The zero-order valence-electron chi connectivity index (χ0n) is 37.5. The van der Waals surface area contributed by atoms with E-state index in [1.165, 1.54) is 32.1 Å². The Morgan fingerprint density at radius 2 is 0.797 bits per heavy atom. The van der Waals surface area contributed by atoms with Gasteiger partial charge in [-0.15, -0.1) is 0 Å². The Bertz CT molecular complexity index is 1300. The van der Waals surface area contributed by atoms with Crippen molar-refractivity contribution in [3.05, 3.63) is 122 Å². The maximum Gasteiger partial charge on any atom is 0.309 e. The largest absolute Gasteiger partial charge is 0.462 e. The van der Waals surface area contributed by atoms with Crippen molar-refractivity contribution in [3.63, 3.8) is 0 Å². The third-order valence-electron chi connectivity index (χ3n) is 8.99. The van der Waals surface area contributed by atoms with Crippen LogP contribution in [0.1, 0.15) is 175 Å². The molecule has 59 heavy (non-hydrogen) atoms. The highest BCUT2D eigenvalue weighted by atomic mass is 16.6. The Balaban J connectivity index is 4.56. The molecule has 6 nitrogen and oxygen atoms in total. The van der Waals surface area contributed by atoms with Crippen LogP contribution < -0.4 is 0 Å². The Kier molecular flexibility index (Phi) is 43.2. The van der Waals surface area contributed by atoms with Crippen LogP contribution in [0.3, 0.4) is 0 Å². The van der Waals surface area contributed by atoms with Gasteiger partial charge in [-0.05, 0) is 96.3 Å². The van der Waals surface area contributed by atoms with Crippen LogP contribution in [-0.2, 0) is 28.6 Å². The molecule has 0 saturated heterocycles. The van der Waals surface area contributed by atoms with Crippen molar-refractivity contribution in [2.45, 2.75) is 181 Å². The van der Waals surface area contributed by atoms with Crippen LogP contribution >= 0.6 is 0 Å². The lowest BCUT2D eigenvalue weighted by atomic mass is 10.1. The Morgan fingerprint density at radius 1 is 0.390 bits per heavy atom. The summed E-state index contributed by atoms with van der Waals surface area (Å²) in [6, 6.07) is 0. The normalized spacial score (nSPS) is 13.2. The van der Waals surface area contributed by atoms with E-state index in [-0.39, 0.29) is 44.4 Å². The van der Waals surface area contributed by atoms with Gasteiger partial charge in [0.2, 0.25) is 0 Å². The van der Waals surface area contributed by atoms with Crippen LogP contribution in [0.5, 0.6) is 0 Å². The summed E-state index contributed by atoms with van der Waals surface area (Å²) >= 11 is 0. The fourth-order valence-corrected chi connectivity index (χ4v) is 5.59. The standard InChI is InChI=1S/C53H82O6/c1-4-7-10-13-16-19-21-23-25-26-28-29-31-34-37-40-43-46-52(55)58-49-50(48-57-51(54)45-42-39-36-33-18-15-12-9-6-3)59-53(56)47-44-41-38-35-32-30-27-24-22-20-17-14-11-8-5-2/h7,9-10,12,16-20,22-25,28-29,33-34,37,39,42,50H,4-6,8,11,13-15,21,26-27,30-32,35-36,38,40-41,43-49H2,1-3H3/b10-7-,12-9-,19-16-,20-17-,24-22-,25-23-,29-28-,33-18-,37-34-,42-39-. The Labute approximate surface area is 361 Å². The summed E-state index contributed by atoms with van der Waals surface area (Å²) < 4.78 is 16.5. The molecule has 0 aromatic rings. The summed E-state index contributed by atoms with van der Waals surface area (Å²) in [5, 5.41) is 0. The van der Waals surface area contributed by atoms with E-state index in [0.29, 0.717) is 6.42 Å². The van der Waals surface area contributed by atoms with Crippen LogP contribution in [-0.4, -0.2) is 37.2 Å². The summed E-state index contributed by atoms with van der Waals surface area (Å²) in [5.41, 5.74) is 0. The summed E-state index contributed by atoms with van der Waals surface area (Å²) in [6.07, 6.45) is 63.6. The van der Waals surface area contributed by atoms with E-state index >= 15 is 0 Å². The van der Waals surface area contributed by atoms with E-state index < -0.39 is 12.1 Å². The van der Waals surface area contributed by atoms with Gasteiger partial charge in [-0.3, -0.25) is 14.4 Å². The summed E-state index contributed by atoms with van der Waals surface area (Å²) in [5.74, 6) is -1.15. The second kappa shape index (κ2) is 46.5. The van der Waals surface area contributed by atoms with Gasteiger partial charge in [0, 0.05) is 12.8 Å². The van der Waals surface area contributed by atoms with Crippen molar-refractivity contribution in [1.29, 1.82) is 0 Å². The fourth-order valence-electron chi connectivity index (χ4n) is 5.59. The van der Waals surface area contributed by atoms with Gasteiger partial charge in [-0.2, -0.15) is 0 Å². The lowest BCUT2D eigenvalue weighted by Crippen LogP contribution is -2.30. The first-order valence-electron chi connectivity index (χ1n) is 23.1. The minimum atomic E-state index is -0.844. The maximum atomic E-state index is 12.7. The van der Waals surface area contributed by atoms with E-state index in [9.17, 15) is 14.4 Å². The predicted molar refractivity (Wildman–Crippen MR) is 251 cm³/mol. The Morgan fingerprint density at radius 3 is 1.32 bits per heavy atom. The molecule has 330 valence electrons. The lowest BCUT2D eigenvalue weighted by Gasteiger charge is -2.18. The molecule has 0 rings (SSSR count). The number of allylic oxidation sites excluding steroid dienone is 19. The molecule has 6 heteroatoms. The highest BCUT2D eigenvalue weighted by Gasteiger charge is 2.19. The molecule has 1 unspecified atom stereocenters. The summed E-state index contributed by atoms with van der Waals surface area (Å²) in [4.78, 5) is 37.7. The molecule has 0 aliphatic carbocycles. The zero-order valence-corrected chi connectivity index (χ0v) is 37.5. The average molecular weight is 815 g/mol. The topological polar surface area (TPSA) is 78.9 Å². The molecule has 0 heterocycles. The van der Waals surface area contributed by atoms with Crippen LogP contribution in [0.25, 0.3) is 0 Å². The Hall–Kier alpha value is -4.19. The predicted octanol–water partition coefficient (Wildman–Crippen LogP) is 15.0. The first-order chi connectivity index (χ1) is 29.0. The van der Waals surface area contributed by atoms with Gasteiger partial charge in [-0.1, -0.05) is 181 Å². The maximum absolute atomic E-state index is 12.7. The molecular weight excluding hydrogens is 733 g/mol. The van der Waals surface area contributed by atoms with Gasteiger partial charge in [0.15, 0.2) is 6.10 Å². The van der Waals surface area contributed by atoms with Gasteiger partial charge < -0.3 is 14.2 Å². The van der Waals surface area contributed by atoms with E-state index in [4.69, 9.17) is 14.2 Å². The number of ether oxygens (including phenoxy) is 3. The minimum absolute atomic E-state index is 0.117. The quantitative estimate of drug-likeness (QED) is 0.0202. The van der Waals surface area contributed by atoms with Crippen molar-refractivity contribution < 1.29 is 28.6 Å². The molecule has 0 aliphatic rings. The number of carbonyl (C=O) groups excluding carboxylic acids is 3. The fraction of sp³-hybridized carbons (Fsp3) is 0.566. The van der Waals surface area contributed by atoms with Crippen LogP contribution in [0.2, 0.25) is 0 Å². The number of hydrogen-bond acceptors (Lipinski definition) is 6. The molecular formula is C53H82O6. The number of esters is 3. The van der Waals surface area contributed by atoms with Gasteiger partial charge >= 0.3 is 17.9 Å². The van der Waals surface area contributed by atoms with E-state index in [1.807, 2.05) is 6.08 Å². The number of rotatable bonds is 39. The molecule has 0 radical (unpaired) electrons. The smallest absolute Gasteiger partial charge is 0.309 e. The molecule has 0 spiro atoms. The lowest BCUT2D eigenvalue weighted by molar-refractivity contribution is -0.166. The minimum Gasteiger partial charge on any atom is -0.462 e. The van der Waals surface area contributed by atoms with E-state index in [0.717, 1.165) is 96.3 Å². The second-order valence-corrected chi connectivity index (χ2v) is 14.6. The summed E-state index contributed by atoms with van der Waals surface area (Å²) in [7, 11) is 0. The second-order valence-electron chi connectivity index (χ2n) is 14.6. The van der Waals surface area contributed by atoms with Crippen LogP contribution in [0.15, 0.2) is 122 Å². The van der Waals surface area contributed by atoms with Crippen LogP contribution in [0, 0.1) is 0 Å². The molecule has 0 aromatic carbocycles. The number of unbranched alkanes of at least 4 members (excludes halogenated alkanes) is 10. The van der Waals surface area contributed by atoms with E-state index in [1.54, 1.807) is 6.08 Å². The van der Waals surface area contributed by atoms with Crippen molar-refractivity contribution in [2.75, 3.05) is 13.2 Å². The third-order valence-corrected chi connectivity index (χ3v) is 8.99. The highest BCUT2D eigenvalue weighted by molar-refractivity contribution is 5.72. The highest BCUT2D eigenvalue weighted by Crippen LogP contribution is 2.11. The van der Waals surface area contributed by atoms with Crippen molar-refractivity contribution in [1.82, 2.24) is 0 Å². The average Bonchev–Trinajstić information content (AvgIpc) is 3.23. The molecule has 0 amide bonds. The number of carbonyl (C=O) groups is 3. The van der Waals surface area contributed by atoms with Crippen molar-refractivity contribution in [2.24, 2.45) is 0 Å². The molecule has 0 saturated carbocycles. The molecule has 0 fully saturated rings.